The van der Waals surface area contributed by atoms with Crippen LogP contribution < -0.4 is 9.47 Å². The highest BCUT2D eigenvalue weighted by Crippen LogP contribution is 2.45. The highest BCUT2D eigenvalue weighted by Gasteiger charge is 2.47. The Morgan fingerprint density at radius 3 is 2.24 bits per heavy atom. The Morgan fingerprint density at radius 2 is 1.59 bits per heavy atom. The minimum atomic E-state index is -0.911. The molecule has 0 radical (unpaired) electrons. The van der Waals surface area contributed by atoms with E-state index in [0.717, 1.165) is 10.9 Å². The molecule has 37 heavy (non-hydrogen) atoms. The summed E-state index contributed by atoms with van der Waals surface area (Å²) >= 11 is 0. The number of aliphatic hydroxyl groups is 1. The van der Waals surface area contributed by atoms with E-state index in [4.69, 9.17) is 9.47 Å². The molecule has 0 bridgehead atoms. The fourth-order valence-electron chi connectivity index (χ4n) is 4.96. The number of aromatic nitrogens is 1. The van der Waals surface area contributed by atoms with Gasteiger partial charge in [-0.25, -0.2) is 4.39 Å². The summed E-state index contributed by atoms with van der Waals surface area (Å²) in [7, 11) is 4.77. The molecule has 1 amide bonds. The Labute approximate surface area is 213 Å². The number of benzene rings is 3. The van der Waals surface area contributed by atoms with Crippen molar-refractivity contribution in [2.45, 2.75) is 12.6 Å². The maximum Gasteiger partial charge on any atom is 0.295 e. The first-order chi connectivity index (χ1) is 17.8. The molecule has 1 atom stereocenters. The van der Waals surface area contributed by atoms with E-state index in [9.17, 15) is 19.1 Å². The molecule has 1 N–H and O–H groups in total. The van der Waals surface area contributed by atoms with Crippen molar-refractivity contribution in [2.75, 3.05) is 14.2 Å². The molecule has 1 aliphatic heterocycles. The number of hydrogen-bond donors (Lipinski definition) is 1. The van der Waals surface area contributed by atoms with E-state index in [-0.39, 0.29) is 17.7 Å². The predicted molar refractivity (Wildman–Crippen MR) is 137 cm³/mol. The van der Waals surface area contributed by atoms with Crippen molar-refractivity contribution in [2.24, 2.45) is 7.05 Å². The second-order valence-corrected chi connectivity index (χ2v) is 8.80. The van der Waals surface area contributed by atoms with Gasteiger partial charge < -0.3 is 24.0 Å². The molecule has 8 heteroatoms. The van der Waals surface area contributed by atoms with Gasteiger partial charge in [0, 0.05) is 36.3 Å². The number of ether oxygens (including phenoxy) is 2. The van der Waals surface area contributed by atoms with Gasteiger partial charge in [-0.1, -0.05) is 36.4 Å². The Morgan fingerprint density at radius 1 is 0.946 bits per heavy atom. The van der Waals surface area contributed by atoms with Gasteiger partial charge in [-0.15, -0.1) is 0 Å². The van der Waals surface area contributed by atoms with Gasteiger partial charge >= 0.3 is 0 Å². The van der Waals surface area contributed by atoms with Crippen LogP contribution in [0.3, 0.4) is 0 Å². The summed E-state index contributed by atoms with van der Waals surface area (Å²) in [5.74, 6) is -1.81. The Bertz CT molecular complexity index is 1530. The number of para-hydroxylation sites is 1. The molecular weight excluding hydrogens is 475 g/mol. The summed E-state index contributed by atoms with van der Waals surface area (Å²) in [5.41, 5.74) is 2.32. The maximum absolute atomic E-state index is 13.6. The fourth-order valence-corrected chi connectivity index (χ4v) is 4.96. The van der Waals surface area contributed by atoms with Crippen molar-refractivity contribution in [1.82, 2.24) is 9.47 Å². The predicted octanol–water partition coefficient (Wildman–Crippen LogP) is 4.96. The van der Waals surface area contributed by atoms with Crippen molar-refractivity contribution in [3.8, 4) is 11.5 Å². The number of amides is 1. The third-order valence-electron chi connectivity index (χ3n) is 6.69. The van der Waals surface area contributed by atoms with Gasteiger partial charge in [0.05, 0.1) is 25.8 Å². The molecule has 4 aromatic rings. The van der Waals surface area contributed by atoms with Crippen LogP contribution >= 0.6 is 0 Å². The molecule has 1 unspecified atom stereocenters. The van der Waals surface area contributed by atoms with E-state index in [1.54, 1.807) is 30.3 Å². The zero-order valence-corrected chi connectivity index (χ0v) is 20.6. The first kappa shape index (κ1) is 24.1. The molecule has 0 spiro atoms. The van der Waals surface area contributed by atoms with Gasteiger partial charge in [0.15, 0.2) is 0 Å². The summed E-state index contributed by atoms with van der Waals surface area (Å²) in [6.45, 7) is 0.0403. The van der Waals surface area contributed by atoms with E-state index in [1.165, 1.54) is 31.3 Å². The van der Waals surface area contributed by atoms with Gasteiger partial charge in [-0.3, -0.25) is 9.59 Å². The zero-order valence-electron chi connectivity index (χ0n) is 20.6. The van der Waals surface area contributed by atoms with E-state index >= 15 is 0 Å². The minimum absolute atomic E-state index is 0.0403. The lowest BCUT2D eigenvalue weighted by molar-refractivity contribution is -0.140. The first-order valence-electron chi connectivity index (χ1n) is 11.6. The largest absolute Gasteiger partial charge is 0.506 e. The summed E-state index contributed by atoms with van der Waals surface area (Å²) in [6, 6.07) is 17.4. The third kappa shape index (κ3) is 4.00. The molecule has 5 rings (SSSR count). The number of hydrogen-bond acceptors (Lipinski definition) is 5. The number of likely N-dealkylation sites (tertiary alicyclic amines) is 1. The number of carbonyl (C=O) groups excluding carboxylic acids is 2. The number of Topliss-reactive ketones (excluding diaryl/α,β-unsaturated/α-hetero) is 1. The molecule has 7 nitrogen and oxygen atoms in total. The molecule has 188 valence electrons. The van der Waals surface area contributed by atoms with Crippen LogP contribution in [0.15, 0.2) is 78.5 Å². The number of rotatable bonds is 6. The molecule has 1 aromatic heterocycles. The molecule has 1 fully saturated rings. The topological polar surface area (TPSA) is 81.0 Å². The molecule has 2 heterocycles. The Balaban J connectivity index is 1.77. The number of carbonyl (C=O) groups is 2. The van der Waals surface area contributed by atoms with Crippen LogP contribution in [-0.2, 0) is 23.2 Å². The number of nitrogens with zero attached hydrogens (tertiary/aromatic N) is 2. The van der Waals surface area contributed by atoms with Crippen LogP contribution in [0.5, 0.6) is 11.5 Å². The number of aliphatic hydroxyl groups excluding tert-OH is 1. The maximum atomic E-state index is 13.6. The Kier molecular flexibility index (Phi) is 6.17. The van der Waals surface area contributed by atoms with E-state index in [2.05, 4.69) is 0 Å². The van der Waals surface area contributed by atoms with Gasteiger partial charge in [-0.05, 0) is 35.9 Å². The van der Waals surface area contributed by atoms with Crippen molar-refractivity contribution >= 4 is 28.4 Å². The molecule has 0 saturated carbocycles. The fraction of sp³-hybridized carbons (Fsp3) is 0.172. The van der Waals surface area contributed by atoms with Crippen LogP contribution in [0.1, 0.15) is 22.7 Å². The van der Waals surface area contributed by atoms with Crippen LogP contribution in [-0.4, -0.2) is 40.5 Å². The minimum Gasteiger partial charge on any atom is -0.506 e. The molecule has 1 saturated heterocycles. The molecule has 1 aliphatic rings. The van der Waals surface area contributed by atoms with E-state index in [0.29, 0.717) is 22.6 Å². The van der Waals surface area contributed by atoms with Crippen LogP contribution in [0.4, 0.5) is 4.39 Å². The highest BCUT2D eigenvalue weighted by molar-refractivity contribution is 6.46. The first-order valence-corrected chi connectivity index (χ1v) is 11.6. The summed E-state index contributed by atoms with van der Waals surface area (Å²) in [4.78, 5) is 28.4. The number of fused-ring (bicyclic) bond motifs is 1. The monoisotopic (exact) mass is 500 g/mol. The third-order valence-corrected chi connectivity index (χ3v) is 6.69. The average molecular weight is 501 g/mol. The number of methoxy groups -OCH3 is 2. The second-order valence-electron chi connectivity index (χ2n) is 8.80. The van der Waals surface area contributed by atoms with Crippen LogP contribution in [0, 0.1) is 5.82 Å². The molecular formula is C29H25FN2O5. The Hall–Kier alpha value is -4.59. The summed E-state index contributed by atoms with van der Waals surface area (Å²) in [6.07, 6.45) is 1.85. The van der Waals surface area contributed by atoms with E-state index < -0.39 is 29.3 Å². The number of halogens is 1. The van der Waals surface area contributed by atoms with Crippen molar-refractivity contribution in [3.63, 3.8) is 0 Å². The van der Waals surface area contributed by atoms with Gasteiger partial charge in [-0.2, -0.15) is 0 Å². The number of aryl methyl sites for hydroxylation is 1. The zero-order chi connectivity index (χ0) is 26.3. The molecule has 0 aliphatic carbocycles. The lowest BCUT2D eigenvalue weighted by Crippen LogP contribution is -2.29. The van der Waals surface area contributed by atoms with Crippen molar-refractivity contribution in [3.05, 3.63) is 101 Å². The lowest BCUT2D eigenvalue weighted by Gasteiger charge is -2.25. The average Bonchev–Trinajstić information content (AvgIpc) is 3.37. The SMILES string of the molecule is COc1cccc(OC)c1/C(O)=C1\C(=O)C(=O)N(Cc2ccc(F)cc2)C1c1cn(C)c2ccccc12. The van der Waals surface area contributed by atoms with Gasteiger partial charge in [0.1, 0.15) is 28.6 Å². The molecule has 3 aromatic carbocycles. The standard InChI is InChI=1S/C29H25FN2O5/c1-31-16-20(19-7-4-5-8-21(19)31)26-25(27(33)24-22(36-2)9-6-10-23(24)37-3)28(34)29(35)32(26)15-17-11-13-18(30)14-12-17/h4-14,16,26,33H,15H2,1-3H3/b27-25+. The number of ketones is 1. The van der Waals surface area contributed by atoms with Crippen molar-refractivity contribution < 1.29 is 28.6 Å². The summed E-state index contributed by atoms with van der Waals surface area (Å²) < 4.78 is 26.4. The second kappa shape index (κ2) is 9.46. The normalized spacial score (nSPS) is 17.0. The lowest BCUT2D eigenvalue weighted by atomic mass is 9.94. The van der Waals surface area contributed by atoms with Gasteiger partial charge in [0.25, 0.3) is 11.7 Å². The van der Waals surface area contributed by atoms with Gasteiger partial charge in [0.2, 0.25) is 0 Å². The van der Waals surface area contributed by atoms with E-state index in [1.807, 2.05) is 42.1 Å². The quantitative estimate of drug-likeness (QED) is 0.230. The van der Waals surface area contributed by atoms with Crippen molar-refractivity contribution in [1.29, 1.82) is 0 Å². The smallest absolute Gasteiger partial charge is 0.295 e. The van der Waals surface area contributed by atoms with Crippen LogP contribution in [0.2, 0.25) is 0 Å². The summed E-state index contributed by atoms with van der Waals surface area (Å²) in [5, 5.41) is 12.5. The highest BCUT2D eigenvalue weighted by atomic mass is 19.1. The van der Waals surface area contributed by atoms with Crippen LogP contribution in [0.25, 0.3) is 16.7 Å².